The molecule has 1 unspecified atom stereocenters. The molecule has 6 nitrogen and oxygen atoms in total. The maximum absolute atomic E-state index is 12.8. The highest BCUT2D eigenvalue weighted by atomic mass is 16.6. The molecule has 0 aromatic rings. The molecule has 72 heavy (non-hydrogen) atoms. The predicted octanol–water partition coefficient (Wildman–Crippen LogP) is 19.8. The maximum atomic E-state index is 12.8. The van der Waals surface area contributed by atoms with Crippen molar-refractivity contribution in [2.24, 2.45) is 0 Å². The van der Waals surface area contributed by atoms with Crippen molar-refractivity contribution in [2.75, 3.05) is 13.2 Å². The van der Waals surface area contributed by atoms with Crippen molar-refractivity contribution in [3.63, 3.8) is 0 Å². The third-order valence-electron chi connectivity index (χ3n) is 11.9. The summed E-state index contributed by atoms with van der Waals surface area (Å²) in [6.07, 6.45) is 83.1. The van der Waals surface area contributed by atoms with Crippen molar-refractivity contribution in [3.05, 3.63) is 134 Å². The summed E-state index contributed by atoms with van der Waals surface area (Å²) in [5.41, 5.74) is 0. The van der Waals surface area contributed by atoms with Crippen LogP contribution in [0.2, 0.25) is 0 Å². The minimum Gasteiger partial charge on any atom is -0.462 e. The first-order chi connectivity index (χ1) is 35.5. The van der Waals surface area contributed by atoms with Crippen molar-refractivity contribution in [3.8, 4) is 0 Å². The standard InChI is InChI=1S/C66H106O6/c1-4-7-10-13-16-19-22-25-28-30-32-33-35-36-38-41-44-47-50-53-56-59-65(68)71-62-63(61-70-64(67)58-55-52-49-46-43-40-27-24-21-18-15-12-9-6-3)72-66(69)60-57-54-51-48-45-42-39-37-34-31-29-26-23-20-17-14-11-8-5-2/h7-8,10-11,16-17,19-20,25-26,28-29,32-34,36-38,42,45,51,54,63H,4-6,9,12-15,18,21-24,27,30-31,35,39-41,43-44,46-50,52-53,55-62H2,1-3H3/b10-7-,11-8-,19-16-,20-17-,28-25-,29-26-,33-32-,37-34-,38-36-,45-42-,54-51-. The summed E-state index contributed by atoms with van der Waals surface area (Å²) in [6.45, 7) is 6.33. The quantitative estimate of drug-likeness (QED) is 0.0261. The van der Waals surface area contributed by atoms with Crippen LogP contribution in [0.5, 0.6) is 0 Å². The van der Waals surface area contributed by atoms with E-state index in [4.69, 9.17) is 14.2 Å². The number of unbranched alkanes of at least 4 members (excludes halogenated alkanes) is 18. The van der Waals surface area contributed by atoms with Gasteiger partial charge in [-0.25, -0.2) is 0 Å². The lowest BCUT2D eigenvalue weighted by molar-refractivity contribution is -0.166. The molecule has 0 aliphatic carbocycles. The Morgan fingerprint density at radius 2 is 0.569 bits per heavy atom. The Bertz CT molecular complexity index is 1560. The zero-order valence-electron chi connectivity index (χ0n) is 46.4. The molecular weight excluding hydrogens is 889 g/mol. The van der Waals surface area contributed by atoms with Crippen LogP contribution in [-0.2, 0) is 28.6 Å². The summed E-state index contributed by atoms with van der Waals surface area (Å²) in [4.78, 5) is 38.2. The van der Waals surface area contributed by atoms with Gasteiger partial charge in [-0.15, -0.1) is 0 Å². The first kappa shape index (κ1) is 67.5. The number of rotatable bonds is 51. The molecule has 0 bridgehead atoms. The summed E-state index contributed by atoms with van der Waals surface area (Å²) in [6, 6.07) is 0. The van der Waals surface area contributed by atoms with Crippen LogP contribution in [0.25, 0.3) is 0 Å². The summed E-state index contributed by atoms with van der Waals surface area (Å²) < 4.78 is 16.8. The smallest absolute Gasteiger partial charge is 0.306 e. The van der Waals surface area contributed by atoms with Crippen LogP contribution in [0.3, 0.4) is 0 Å². The summed E-state index contributed by atoms with van der Waals surface area (Å²) in [7, 11) is 0. The van der Waals surface area contributed by atoms with E-state index in [1.165, 1.54) is 70.6 Å². The van der Waals surface area contributed by atoms with Gasteiger partial charge in [0.25, 0.3) is 0 Å². The lowest BCUT2D eigenvalue weighted by Crippen LogP contribution is -2.30. The lowest BCUT2D eigenvalue weighted by atomic mass is 10.0. The molecule has 0 rings (SSSR count). The van der Waals surface area contributed by atoms with Crippen molar-refractivity contribution < 1.29 is 28.6 Å². The van der Waals surface area contributed by atoms with Crippen LogP contribution in [0.4, 0.5) is 0 Å². The van der Waals surface area contributed by atoms with Gasteiger partial charge in [0.05, 0.1) is 0 Å². The van der Waals surface area contributed by atoms with Gasteiger partial charge in [-0.1, -0.05) is 257 Å². The Kier molecular flexibility index (Phi) is 55.5. The van der Waals surface area contributed by atoms with Crippen molar-refractivity contribution in [1.29, 1.82) is 0 Å². The number of hydrogen-bond donors (Lipinski definition) is 0. The Hall–Kier alpha value is -4.45. The molecule has 0 aromatic carbocycles. The van der Waals surface area contributed by atoms with Crippen LogP contribution < -0.4 is 0 Å². The minimum absolute atomic E-state index is 0.117. The molecule has 406 valence electrons. The molecule has 0 aromatic heterocycles. The highest BCUT2D eigenvalue weighted by Crippen LogP contribution is 2.15. The number of carbonyl (C=O) groups is 3. The Balaban J connectivity index is 4.54. The van der Waals surface area contributed by atoms with Gasteiger partial charge >= 0.3 is 17.9 Å². The second-order valence-corrected chi connectivity index (χ2v) is 18.8. The van der Waals surface area contributed by atoms with Gasteiger partial charge in [0.1, 0.15) is 13.2 Å². The molecule has 0 radical (unpaired) electrons. The molecule has 0 saturated heterocycles. The van der Waals surface area contributed by atoms with E-state index in [1.807, 2.05) is 12.2 Å². The van der Waals surface area contributed by atoms with Gasteiger partial charge in [-0.3, -0.25) is 14.4 Å². The van der Waals surface area contributed by atoms with Gasteiger partial charge in [-0.05, 0) is 103 Å². The van der Waals surface area contributed by atoms with E-state index in [1.54, 1.807) is 0 Å². The monoisotopic (exact) mass is 995 g/mol. The SMILES string of the molecule is CC/C=C\C/C=C\C/C=C\C/C=C\C/C=C\C/C=C\CCC(=O)OC(COC(=O)CCCCCCC/C=C\C/C=C\C/C=C\C/C=C\C/C=C\CC)COC(=O)CCCCCCCCCCCCCCCC. The fraction of sp³-hybridized carbons (Fsp3) is 0.621. The highest BCUT2D eigenvalue weighted by Gasteiger charge is 2.19. The molecule has 0 saturated carbocycles. The average molecular weight is 996 g/mol. The zero-order chi connectivity index (χ0) is 52.2. The molecule has 0 amide bonds. The van der Waals surface area contributed by atoms with Crippen LogP contribution in [-0.4, -0.2) is 37.2 Å². The molecule has 0 heterocycles. The first-order valence-electron chi connectivity index (χ1n) is 29.2. The van der Waals surface area contributed by atoms with Crippen LogP contribution >= 0.6 is 0 Å². The second-order valence-electron chi connectivity index (χ2n) is 18.8. The van der Waals surface area contributed by atoms with E-state index in [0.717, 1.165) is 128 Å². The van der Waals surface area contributed by atoms with Gasteiger partial charge in [0, 0.05) is 19.3 Å². The zero-order valence-corrected chi connectivity index (χ0v) is 46.4. The van der Waals surface area contributed by atoms with E-state index in [-0.39, 0.29) is 31.6 Å². The number of hydrogen-bond acceptors (Lipinski definition) is 6. The van der Waals surface area contributed by atoms with Crippen molar-refractivity contribution in [2.45, 2.75) is 252 Å². The predicted molar refractivity (Wildman–Crippen MR) is 311 cm³/mol. The summed E-state index contributed by atoms with van der Waals surface area (Å²) >= 11 is 0. The van der Waals surface area contributed by atoms with Gasteiger partial charge in [0.2, 0.25) is 0 Å². The lowest BCUT2D eigenvalue weighted by Gasteiger charge is -2.18. The Morgan fingerprint density at radius 3 is 0.903 bits per heavy atom. The Labute approximate surface area is 443 Å². The molecule has 0 fully saturated rings. The van der Waals surface area contributed by atoms with Gasteiger partial charge in [0.15, 0.2) is 6.10 Å². The summed E-state index contributed by atoms with van der Waals surface area (Å²) in [5, 5.41) is 0. The normalized spacial score (nSPS) is 13.1. The first-order valence-corrected chi connectivity index (χ1v) is 29.2. The van der Waals surface area contributed by atoms with Crippen LogP contribution in [0, 0.1) is 0 Å². The van der Waals surface area contributed by atoms with E-state index < -0.39 is 12.1 Å². The fourth-order valence-electron chi connectivity index (χ4n) is 7.61. The Morgan fingerprint density at radius 1 is 0.292 bits per heavy atom. The third-order valence-corrected chi connectivity index (χ3v) is 11.9. The van der Waals surface area contributed by atoms with E-state index >= 15 is 0 Å². The number of carbonyl (C=O) groups excluding carboxylic acids is 3. The minimum atomic E-state index is -0.831. The molecule has 6 heteroatoms. The summed E-state index contributed by atoms with van der Waals surface area (Å²) in [5.74, 6) is -1.02. The van der Waals surface area contributed by atoms with Crippen molar-refractivity contribution >= 4 is 17.9 Å². The molecular formula is C66H106O6. The number of allylic oxidation sites excluding steroid dienone is 22. The topological polar surface area (TPSA) is 78.9 Å². The van der Waals surface area contributed by atoms with Crippen molar-refractivity contribution in [1.82, 2.24) is 0 Å². The fourth-order valence-corrected chi connectivity index (χ4v) is 7.61. The molecule has 0 aliphatic heterocycles. The van der Waals surface area contributed by atoms with Crippen LogP contribution in [0.1, 0.15) is 245 Å². The molecule has 0 aliphatic rings. The van der Waals surface area contributed by atoms with E-state index in [0.29, 0.717) is 19.3 Å². The maximum Gasteiger partial charge on any atom is 0.306 e. The molecule has 0 spiro atoms. The van der Waals surface area contributed by atoms with Crippen LogP contribution in [0.15, 0.2) is 134 Å². The number of ether oxygens (including phenoxy) is 3. The van der Waals surface area contributed by atoms with E-state index in [2.05, 4.69) is 142 Å². The molecule has 1 atom stereocenters. The van der Waals surface area contributed by atoms with E-state index in [9.17, 15) is 14.4 Å². The molecule has 0 N–H and O–H groups in total. The largest absolute Gasteiger partial charge is 0.462 e. The second kappa shape index (κ2) is 59.1. The highest BCUT2D eigenvalue weighted by molar-refractivity contribution is 5.71. The average Bonchev–Trinajstić information content (AvgIpc) is 3.38. The third kappa shape index (κ3) is 56.5. The van der Waals surface area contributed by atoms with Gasteiger partial charge < -0.3 is 14.2 Å². The number of esters is 3. The van der Waals surface area contributed by atoms with Gasteiger partial charge in [-0.2, -0.15) is 0 Å².